The van der Waals surface area contributed by atoms with Gasteiger partial charge in [-0.1, -0.05) is 6.07 Å². The summed E-state index contributed by atoms with van der Waals surface area (Å²) in [4.78, 5) is 11.9. The molecule has 2 aromatic rings. The number of rotatable bonds is 5. The standard InChI is InChI=1S/C16H20N4O4/c1-22-13-4-2-3-11(9-13)15-20-19-14(24-15)10-17-16(21)18-12-5-7-23-8-6-12/h2-4,9,12H,5-8,10H2,1H3,(H2,17,18,21). The van der Waals surface area contributed by atoms with E-state index in [1.807, 2.05) is 24.3 Å². The molecule has 8 heteroatoms. The molecule has 1 aromatic carbocycles. The van der Waals surface area contributed by atoms with Crippen LogP contribution in [0, 0.1) is 0 Å². The number of hydrogen-bond acceptors (Lipinski definition) is 6. The molecule has 0 saturated carbocycles. The van der Waals surface area contributed by atoms with Gasteiger partial charge in [0.25, 0.3) is 0 Å². The van der Waals surface area contributed by atoms with Crippen molar-refractivity contribution in [2.24, 2.45) is 0 Å². The molecule has 2 N–H and O–H groups in total. The first-order valence-corrected chi connectivity index (χ1v) is 7.83. The lowest BCUT2D eigenvalue weighted by Gasteiger charge is -2.22. The zero-order chi connectivity index (χ0) is 16.8. The van der Waals surface area contributed by atoms with Gasteiger partial charge in [-0.15, -0.1) is 10.2 Å². The summed E-state index contributed by atoms with van der Waals surface area (Å²) in [5, 5.41) is 13.6. The summed E-state index contributed by atoms with van der Waals surface area (Å²) >= 11 is 0. The molecular weight excluding hydrogens is 312 g/mol. The largest absolute Gasteiger partial charge is 0.497 e. The van der Waals surface area contributed by atoms with Crippen LogP contribution in [0.3, 0.4) is 0 Å². The monoisotopic (exact) mass is 332 g/mol. The highest BCUT2D eigenvalue weighted by atomic mass is 16.5. The number of nitrogens with one attached hydrogen (secondary N) is 2. The SMILES string of the molecule is COc1cccc(-c2nnc(CNC(=O)NC3CCOCC3)o2)c1. The van der Waals surface area contributed by atoms with Crippen molar-refractivity contribution >= 4 is 6.03 Å². The van der Waals surface area contributed by atoms with Crippen molar-refractivity contribution in [1.29, 1.82) is 0 Å². The molecule has 0 aliphatic carbocycles. The number of amides is 2. The zero-order valence-electron chi connectivity index (χ0n) is 13.4. The van der Waals surface area contributed by atoms with Crippen LogP contribution in [-0.4, -0.2) is 42.6 Å². The van der Waals surface area contributed by atoms with Gasteiger partial charge in [-0.3, -0.25) is 0 Å². The summed E-state index contributed by atoms with van der Waals surface area (Å²) in [6.45, 7) is 1.53. The quantitative estimate of drug-likeness (QED) is 0.865. The molecule has 24 heavy (non-hydrogen) atoms. The van der Waals surface area contributed by atoms with Crippen LogP contribution in [-0.2, 0) is 11.3 Å². The van der Waals surface area contributed by atoms with Crippen LogP contribution in [0.15, 0.2) is 28.7 Å². The average molecular weight is 332 g/mol. The van der Waals surface area contributed by atoms with E-state index < -0.39 is 0 Å². The number of hydrogen-bond donors (Lipinski definition) is 2. The van der Waals surface area contributed by atoms with E-state index in [0.717, 1.165) is 18.4 Å². The Kier molecular flexibility index (Phi) is 5.27. The first kappa shape index (κ1) is 16.3. The molecule has 0 spiro atoms. The van der Waals surface area contributed by atoms with Gasteiger partial charge in [-0.25, -0.2) is 4.79 Å². The van der Waals surface area contributed by atoms with Crippen molar-refractivity contribution in [3.05, 3.63) is 30.2 Å². The van der Waals surface area contributed by atoms with E-state index in [1.165, 1.54) is 0 Å². The van der Waals surface area contributed by atoms with Crippen molar-refractivity contribution in [3.8, 4) is 17.2 Å². The van der Waals surface area contributed by atoms with Crippen LogP contribution >= 0.6 is 0 Å². The third kappa shape index (κ3) is 4.23. The van der Waals surface area contributed by atoms with Gasteiger partial charge in [0.15, 0.2) is 0 Å². The van der Waals surface area contributed by atoms with Crippen molar-refractivity contribution in [3.63, 3.8) is 0 Å². The number of carbonyl (C=O) groups excluding carboxylic acids is 1. The number of ether oxygens (including phenoxy) is 2. The van der Waals surface area contributed by atoms with Gasteiger partial charge >= 0.3 is 6.03 Å². The maximum atomic E-state index is 11.9. The molecule has 1 saturated heterocycles. The molecule has 0 radical (unpaired) electrons. The van der Waals surface area contributed by atoms with Gasteiger partial charge in [-0.2, -0.15) is 0 Å². The third-order valence-electron chi connectivity index (χ3n) is 3.74. The second-order valence-corrected chi connectivity index (χ2v) is 5.45. The Bertz CT molecular complexity index is 682. The van der Waals surface area contributed by atoms with Crippen LogP contribution in [0.25, 0.3) is 11.5 Å². The molecule has 0 bridgehead atoms. The Morgan fingerprint density at radius 3 is 2.96 bits per heavy atom. The molecule has 8 nitrogen and oxygen atoms in total. The van der Waals surface area contributed by atoms with Crippen molar-refractivity contribution in [2.75, 3.05) is 20.3 Å². The van der Waals surface area contributed by atoms with E-state index in [2.05, 4.69) is 20.8 Å². The highest BCUT2D eigenvalue weighted by Crippen LogP contribution is 2.22. The first-order valence-electron chi connectivity index (χ1n) is 7.83. The summed E-state index contributed by atoms with van der Waals surface area (Å²) in [6, 6.07) is 7.24. The molecule has 1 aliphatic rings. The number of benzene rings is 1. The predicted octanol–water partition coefficient (Wildman–Crippen LogP) is 1.72. The third-order valence-corrected chi connectivity index (χ3v) is 3.74. The van der Waals surface area contributed by atoms with Crippen molar-refractivity contribution in [2.45, 2.75) is 25.4 Å². The molecule has 2 heterocycles. The van der Waals surface area contributed by atoms with E-state index in [-0.39, 0.29) is 18.6 Å². The number of methoxy groups -OCH3 is 1. The molecule has 1 aromatic heterocycles. The molecule has 3 rings (SSSR count). The van der Waals surface area contributed by atoms with E-state index in [0.29, 0.717) is 30.7 Å². The Morgan fingerprint density at radius 2 is 2.17 bits per heavy atom. The van der Waals surface area contributed by atoms with Gasteiger partial charge in [0.05, 0.1) is 13.7 Å². The summed E-state index contributed by atoms with van der Waals surface area (Å²) in [5.41, 5.74) is 0.764. The van der Waals surface area contributed by atoms with E-state index in [4.69, 9.17) is 13.9 Å². The number of urea groups is 1. The minimum Gasteiger partial charge on any atom is -0.497 e. The van der Waals surface area contributed by atoms with Gasteiger partial charge in [0.2, 0.25) is 11.8 Å². The highest BCUT2D eigenvalue weighted by molar-refractivity contribution is 5.74. The van der Waals surface area contributed by atoms with Crippen LogP contribution in [0.4, 0.5) is 4.79 Å². The Hall–Kier alpha value is -2.61. The molecule has 1 fully saturated rings. The average Bonchev–Trinajstić information content (AvgIpc) is 3.10. The lowest BCUT2D eigenvalue weighted by atomic mass is 10.1. The van der Waals surface area contributed by atoms with Gasteiger partial charge in [0, 0.05) is 24.8 Å². The molecule has 1 aliphatic heterocycles. The predicted molar refractivity (Wildman–Crippen MR) is 85.5 cm³/mol. The van der Waals surface area contributed by atoms with E-state index in [9.17, 15) is 4.79 Å². The molecule has 128 valence electrons. The van der Waals surface area contributed by atoms with Gasteiger partial charge in [-0.05, 0) is 31.0 Å². The van der Waals surface area contributed by atoms with E-state index >= 15 is 0 Å². The minimum atomic E-state index is -0.247. The van der Waals surface area contributed by atoms with Crippen molar-refractivity contribution in [1.82, 2.24) is 20.8 Å². The van der Waals surface area contributed by atoms with Gasteiger partial charge in [0.1, 0.15) is 5.75 Å². The first-order chi connectivity index (χ1) is 11.7. The zero-order valence-corrected chi connectivity index (χ0v) is 13.4. The number of aromatic nitrogens is 2. The smallest absolute Gasteiger partial charge is 0.315 e. The Balaban J connectivity index is 1.53. The normalized spacial score (nSPS) is 15.0. The second-order valence-electron chi connectivity index (χ2n) is 5.45. The molecule has 0 atom stereocenters. The fraction of sp³-hybridized carbons (Fsp3) is 0.438. The topological polar surface area (TPSA) is 98.5 Å². The van der Waals surface area contributed by atoms with Crippen molar-refractivity contribution < 1.29 is 18.7 Å². The summed E-state index contributed by atoms with van der Waals surface area (Å²) < 4.78 is 16.0. The van der Waals surface area contributed by atoms with E-state index in [1.54, 1.807) is 7.11 Å². The number of carbonyl (C=O) groups is 1. The van der Waals surface area contributed by atoms with Crippen LogP contribution in [0.1, 0.15) is 18.7 Å². The Morgan fingerprint density at radius 1 is 1.33 bits per heavy atom. The second kappa shape index (κ2) is 7.78. The number of nitrogens with zero attached hydrogens (tertiary/aromatic N) is 2. The maximum Gasteiger partial charge on any atom is 0.315 e. The molecule has 0 unspecified atom stereocenters. The fourth-order valence-corrected chi connectivity index (χ4v) is 2.43. The lowest BCUT2D eigenvalue weighted by molar-refractivity contribution is 0.0800. The maximum absolute atomic E-state index is 11.9. The minimum absolute atomic E-state index is 0.147. The summed E-state index contributed by atoms with van der Waals surface area (Å²) in [6.07, 6.45) is 1.65. The van der Waals surface area contributed by atoms with Gasteiger partial charge < -0.3 is 24.5 Å². The van der Waals surface area contributed by atoms with Crippen LogP contribution in [0.5, 0.6) is 5.75 Å². The van der Waals surface area contributed by atoms with Crippen LogP contribution < -0.4 is 15.4 Å². The highest BCUT2D eigenvalue weighted by Gasteiger charge is 2.16. The fourth-order valence-electron chi connectivity index (χ4n) is 2.43. The summed E-state index contributed by atoms with van der Waals surface area (Å²) in [7, 11) is 1.60. The molecular formula is C16H20N4O4. The molecule has 2 amide bonds. The van der Waals surface area contributed by atoms with Crippen LogP contribution in [0.2, 0.25) is 0 Å². The Labute approximate surface area is 139 Å². The summed E-state index contributed by atoms with van der Waals surface area (Å²) in [5.74, 6) is 1.44. The lowest BCUT2D eigenvalue weighted by Crippen LogP contribution is -2.44.